The van der Waals surface area contributed by atoms with Gasteiger partial charge in [0.25, 0.3) is 0 Å². The van der Waals surface area contributed by atoms with Crippen LogP contribution in [0.3, 0.4) is 0 Å². The highest BCUT2D eigenvalue weighted by Gasteiger charge is 2.00. The number of anilines is 1. The van der Waals surface area contributed by atoms with E-state index in [0.717, 1.165) is 16.8 Å². The molecule has 1 amide bonds. The summed E-state index contributed by atoms with van der Waals surface area (Å²) in [6, 6.07) is 24.3. The van der Waals surface area contributed by atoms with Gasteiger partial charge < -0.3 is 5.32 Å². The SMILES string of the molecule is Cc1ccc(NC(=O)C=Cc2ccc(-c3ccccc3)cc2)cc1C. The smallest absolute Gasteiger partial charge is 0.248 e. The van der Waals surface area contributed by atoms with E-state index in [9.17, 15) is 4.79 Å². The summed E-state index contributed by atoms with van der Waals surface area (Å²) in [7, 11) is 0. The summed E-state index contributed by atoms with van der Waals surface area (Å²) in [5.74, 6) is -0.129. The van der Waals surface area contributed by atoms with Crippen molar-refractivity contribution >= 4 is 17.7 Å². The molecule has 0 bridgehead atoms. The molecule has 0 saturated heterocycles. The second-order valence-corrected chi connectivity index (χ2v) is 6.11. The molecule has 124 valence electrons. The van der Waals surface area contributed by atoms with Gasteiger partial charge in [-0.25, -0.2) is 0 Å². The summed E-state index contributed by atoms with van der Waals surface area (Å²) in [4.78, 5) is 12.1. The van der Waals surface area contributed by atoms with Gasteiger partial charge >= 0.3 is 0 Å². The fraction of sp³-hybridized carbons (Fsp3) is 0.0870. The molecule has 0 saturated carbocycles. The van der Waals surface area contributed by atoms with Gasteiger partial charge in [0.1, 0.15) is 0 Å². The summed E-state index contributed by atoms with van der Waals surface area (Å²) in [6.07, 6.45) is 3.39. The lowest BCUT2D eigenvalue weighted by Gasteiger charge is -2.05. The Balaban J connectivity index is 1.65. The van der Waals surface area contributed by atoms with E-state index in [0.29, 0.717) is 0 Å². The Hall–Kier alpha value is -3.13. The zero-order valence-corrected chi connectivity index (χ0v) is 14.5. The number of carbonyl (C=O) groups excluding carboxylic acids is 1. The van der Waals surface area contributed by atoms with E-state index < -0.39 is 0 Å². The van der Waals surface area contributed by atoms with Crippen LogP contribution in [0.25, 0.3) is 17.2 Å². The highest BCUT2D eigenvalue weighted by Crippen LogP contribution is 2.19. The van der Waals surface area contributed by atoms with Crippen molar-refractivity contribution in [1.29, 1.82) is 0 Å². The molecule has 1 N–H and O–H groups in total. The molecule has 3 aromatic carbocycles. The van der Waals surface area contributed by atoms with E-state index in [-0.39, 0.29) is 5.91 Å². The summed E-state index contributed by atoms with van der Waals surface area (Å²) >= 11 is 0. The third-order valence-corrected chi connectivity index (χ3v) is 4.22. The first kappa shape index (κ1) is 16.7. The highest BCUT2D eigenvalue weighted by molar-refractivity contribution is 6.02. The molecule has 2 heteroatoms. The van der Waals surface area contributed by atoms with Crippen LogP contribution < -0.4 is 5.32 Å². The molecule has 0 aromatic heterocycles. The molecule has 0 unspecified atom stereocenters. The van der Waals surface area contributed by atoms with Gasteiger partial charge in [-0.05, 0) is 59.9 Å². The second-order valence-electron chi connectivity index (χ2n) is 6.11. The average molecular weight is 327 g/mol. The summed E-state index contributed by atoms with van der Waals surface area (Å²) < 4.78 is 0. The number of carbonyl (C=O) groups is 1. The molecule has 0 spiro atoms. The number of rotatable bonds is 4. The van der Waals surface area contributed by atoms with Crippen molar-refractivity contribution < 1.29 is 4.79 Å². The number of amides is 1. The van der Waals surface area contributed by atoms with Gasteiger partial charge in [-0.3, -0.25) is 4.79 Å². The van der Waals surface area contributed by atoms with E-state index in [2.05, 4.69) is 36.5 Å². The van der Waals surface area contributed by atoms with Gasteiger partial charge in [0.05, 0.1) is 0 Å². The molecule has 0 atom stereocenters. The van der Waals surface area contributed by atoms with Crippen LogP contribution in [0, 0.1) is 13.8 Å². The van der Waals surface area contributed by atoms with Gasteiger partial charge in [-0.1, -0.05) is 60.7 Å². The number of nitrogens with one attached hydrogen (secondary N) is 1. The Bertz CT molecular complexity index is 893. The Morgan fingerprint density at radius 3 is 2.16 bits per heavy atom. The first-order chi connectivity index (χ1) is 12.1. The van der Waals surface area contributed by atoms with E-state index in [4.69, 9.17) is 0 Å². The standard InChI is InChI=1S/C23H21NO/c1-17-8-14-22(16-18(17)2)24-23(25)15-11-19-9-12-21(13-10-19)20-6-4-3-5-7-20/h3-16H,1-2H3,(H,24,25). The molecule has 0 aliphatic carbocycles. The van der Waals surface area contributed by atoms with Gasteiger partial charge in [0.2, 0.25) is 5.91 Å². The molecule has 0 aliphatic heterocycles. The van der Waals surface area contributed by atoms with Gasteiger partial charge in [0.15, 0.2) is 0 Å². The van der Waals surface area contributed by atoms with Crippen LogP contribution >= 0.6 is 0 Å². The average Bonchev–Trinajstić information content (AvgIpc) is 2.64. The quantitative estimate of drug-likeness (QED) is 0.619. The predicted octanol–water partition coefficient (Wildman–Crippen LogP) is 5.62. The lowest BCUT2D eigenvalue weighted by atomic mass is 10.0. The van der Waals surface area contributed by atoms with Crippen LogP contribution in [-0.4, -0.2) is 5.91 Å². The topological polar surface area (TPSA) is 29.1 Å². The van der Waals surface area contributed by atoms with Crippen molar-refractivity contribution in [1.82, 2.24) is 0 Å². The fourth-order valence-electron chi connectivity index (χ4n) is 2.59. The van der Waals surface area contributed by atoms with Gasteiger partial charge in [-0.2, -0.15) is 0 Å². The minimum Gasteiger partial charge on any atom is -0.323 e. The molecule has 0 fully saturated rings. The van der Waals surface area contributed by atoms with E-state index >= 15 is 0 Å². The molecular weight excluding hydrogens is 306 g/mol. The van der Waals surface area contributed by atoms with Crippen molar-refractivity contribution in [2.75, 3.05) is 5.32 Å². The van der Waals surface area contributed by atoms with Crippen LogP contribution in [0.1, 0.15) is 16.7 Å². The molecule has 2 nitrogen and oxygen atoms in total. The van der Waals surface area contributed by atoms with Crippen LogP contribution in [0.2, 0.25) is 0 Å². The van der Waals surface area contributed by atoms with Crippen molar-refractivity contribution in [3.05, 3.63) is 95.6 Å². The molecule has 3 rings (SSSR count). The Kier molecular flexibility index (Phi) is 5.10. The third kappa shape index (κ3) is 4.45. The maximum Gasteiger partial charge on any atom is 0.248 e. The van der Waals surface area contributed by atoms with Crippen molar-refractivity contribution in [2.45, 2.75) is 13.8 Å². The molecule has 0 aliphatic rings. The number of benzene rings is 3. The van der Waals surface area contributed by atoms with E-state index in [1.54, 1.807) is 6.08 Å². The van der Waals surface area contributed by atoms with Crippen molar-refractivity contribution in [3.63, 3.8) is 0 Å². The van der Waals surface area contributed by atoms with Gasteiger partial charge in [0, 0.05) is 11.8 Å². The van der Waals surface area contributed by atoms with Crippen LogP contribution in [0.4, 0.5) is 5.69 Å². The zero-order chi connectivity index (χ0) is 17.6. The van der Waals surface area contributed by atoms with E-state index in [1.165, 1.54) is 16.7 Å². The zero-order valence-electron chi connectivity index (χ0n) is 14.5. The lowest BCUT2D eigenvalue weighted by Crippen LogP contribution is -2.07. The lowest BCUT2D eigenvalue weighted by molar-refractivity contribution is -0.111. The minimum absolute atomic E-state index is 0.129. The summed E-state index contributed by atoms with van der Waals surface area (Å²) in [6.45, 7) is 4.09. The Labute approximate surface area is 148 Å². The number of hydrogen-bond acceptors (Lipinski definition) is 1. The largest absolute Gasteiger partial charge is 0.323 e. The Morgan fingerprint density at radius 1 is 0.800 bits per heavy atom. The molecule has 0 heterocycles. The minimum atomic E-state index is -0.129. The highest BCUT2D eigenvalue weighted by atomic mass is 16.1. The first-order valence-electron chi connectivity index (χ1n) is 8.33. The normalized spacial score (nSPS) is 10.8. The van der Waals surface area contributed by atoms with Crippen molar-refractivity contribution in [3.8, 4) is 11.1 Å². The van der Waals surface area contributed by atoms with E-state index in [1.807, 2.05) is 61.5 Å². The molecule has 0 radical (unpaired) electrons. The molecular formula is C23H21NO. The van der Waals surface area contributed by atoms with Crippen molar-refractivity contribution in [2.24, 2.45) is 0 Å². The first-order valence-corrected chi connectivity index (χ1v) is 8.33. The predicted molar refractivity (Wildman–Crippen MR) is 105 cm³/mol. The summed E-state index contributed by atoms with van der Waals surface area (Å²) in [5, 5.41) is 2.89. The summed E-state index contributed by atoms with van der Waals surface area (Å²) in [5.41, 5.74) is 6.54. The maximum atomic E-state index is 12.1. The monoisotopic (exact) mass is 327 g/mol. The molecule has 3 aromatic rings. The van der Waals surface area contributed by atoms with Crippen LogP contribution in [0.5, 0.6) is 0 Å². The molecule has 25 heavy (non-hydrogen) atoms. The number of hydrogen-bond donors (Lipinski definition) is 1. The Morgan fingerprint density at radius 2 is 1.48 bits per heavy atom. The maximum absolute atomic E-state index is 12.1. The van der Waals surface area contributed by atoms with Gasteiger partial charge in [-0.15, -0.1) is 0 Å². The number of aryl methyl sites for hydroxylation is 2. The third-order valence-electron chi connectivity index (χ3n) is 4.22. The van der Waals surface area contributed by atoms with Crippen LogP contribution in [-0.2, 0) is 4.79 Å². The van der Waals surface area contributed by atoms with Crippen LogP contribution in [0.15, 0.2) is 78.9 Å². The second kappa shape index (κ2) is 7.63. The fourth-order valence-corrected chi connectivity index (χ4v) is 2.59.